The summed E-state index contributed by atoms with van der Waals surface area (Å²) in [5, 5.41) is 0. The first kappa shape index (κ1) is 9.90. The van der Waals surface area contributed by atoms with Crippen molar-refractivity contribution in [2.75, 3.05) is 7.11 Å². The van der Waals surface area contributed by atoms with Crippen molar-refractivity contribution in [3.63, 3.8) is 0 Å². The molecule has 1 heterocycles. The lowest BCUT2D eigenvalue weighted by atomic mass is 10.5. The molecule has 0 amide bonds. The molecule has 0 fully saturated rings. The third kappa shape index (κ3) is 2.14. The van der Waals surface area contributed by atoms with Crippen LogP contribution in [0.1, 0.15) is 0 Å². The number of hydrogen-bond acceptors (Lipinski definition) is 4. The molecular formula is C6H8N2O4S. The predicted molar refractivity (Wildman–Crippen MR) is 44.4 cm³/mol. The molecular weight excluding hydrogens is 196 g/mol. The third-order valence-electron chi connectivity index (χ3n) is 1.27. The summed E-state index contributed by atoms with van der Waals surface area (Å²) in [4.78, 5) is 19.1. The molecule has 7 heteroatoms. The highest BCUT2D eigenvalue weighted by atomic mass is 32.2. The van der Waals surface area contributed by atoms with E-state index in [-0.39, 0.29) is 4.90 Å². The van der Waals surface area contributed by atoms with Crippen LogP contribution in [-0.4, -0.2) is 20.5 Å². The van der Waals surface area contributed by atoms with E-state index in [9.17, 15) is 13.2 Å². The van der Waals surface area contributed by atoms with E-state index in [4.69, 9.17) is 0 Å². The van der Waals surface area contributed by atoms with Crippen LogP contribution >= 0.6 is 0 Å². The lowest BCUT2D eigenvalue weighted by Crippen LogP contribution is -2.27. The standard InChI is InChI=1S/C6H8N2O4S/c1-12-8-13(10,11)6-4-7-3-2-5(6)9/h2-4,8H,1H3,(H,7,9). The topological polar surface area (TPSA) is 88.3 Å². The van der Waals surface area contributed by atoms with Crippen molar-refractivity contribution in [1.29, 1.82) is 0 Å². The quantitative estimate of drug-likeness (QED) is 0.632. The normalized spacial score (nSPS) is 11.5. The molecule has 1 aromatic heterocycles. The number of nitrogens with one attached hydrogen (secondary N) is 2. The van der Waals surface area contributed by atoms with Gasteiger partial charge in [-0.2, -0.15) is 0 Å². The summed E-state index contributed by atoms with van der Waals surface area (Å²) in [7, 11) is -2.71. The van der Waals surface area contributed by atoms with Crippen LogP contribution in [0.2, 0.25) is 0 Å². The zero-order valence-corrected chi connectivity index (χ0v) is 7.59. The summed E-state index contributed by atoms with van der Waals surface area (Å²) in [5.41, 5.74) is -0.594. The van der Waals surface area contributed by atoms with Gasteiger partial charge in [0.05, 0.1) is 7.11 Å². The van der Waals surface area contributed by atoms with Crippen LogP contribution in [-0.2, 0) is 14.9 Å². The Hall–Kier alpha value is -1.18. The van der Waals surface area contributed by atoms with Gasteiger partial charge in [0.25, 0.3) is 10.0 Å². The Kier molecular flexibility index (Phi) is 2.81. The Morgan fingerprint density at radius 1 is 1.54 bits per heavy atom. The second kappa shape index (κ2) is 3.69. The number of pyridine rings is 1. The number of aromatic amines is 1. The Labute approximate surface area is 74.6 Å². The van der Waals surface area contributed by atoms with Crippen molar-refractivity contribution in [3.05, 3.63) is 28.7 Å². The first-order valence-electron chi connectivity index (χ1n) is 3.30. The van der Waals surface area contributed by atoms with Crippen LogP contribution in [0.5, 0.6) is 0 Å². The monoisotopic (exact) mass is 204 g/mol. The van der Waals surface area contributed by atoms with Gasteiger partial charge in [-0.05, 0) is 0 Å². The van der Waals surface area contributed by atoms with Gasteiger partial charge in [0.1, 0.15) is 4.90 Å². The minimum atomic E-state index is -3.86. The SMILES string of the molecule is CONS(=O)(=O)c1c[nH]ccc1=O. The molecule has 0 bridgehead atoms. The number of aromatic nitrogens is 1. The van der Waals surface area contributed by atoms with Gasteiger partial charge >= 0.3 is 0 Å². The van der Waals surface area contributed by atoms with Gasteiger partial charge in [-0.1, -0.05) is 4.89 Å². The molecule has 0 unspecified atom stereocenters. The summed E-state index contributed by atoms with van der Waals surface area (Å²) in [6.07, 6.45) is 2.43. The van der Waals surface area contributed by atoms with Crippen LogP contribution in [0.4, 0.5) is 0 Å². The first-order valence-corrected chi connectivity index (χ1v) is 4.78. The Morgan fingerprint density at radius 2 is 2.23 bits per heavy atom. The molecule has 2 N–H and O–H groups in total. The molecule has 0 aliphatic heterocycles. The summed E-state index contributed by atoms with van der Waals surface area (Å²) < 4.78 is 22.4. The summed E-state index contributed by atoms with van der Waals surface area (Å²) in [6.45, 7) is 0. The highest BCUT2D eigenvalue weighted by molar-refractivity contribution is 7.89. The van der Waals surface area contributed by atoms with Crippen LogP contribution < -0.4 is 10.3 Å². The fourth-order valence-corrected chi connectivity index (χ4v) is 1.63. The molecule has 1 rings (SSSR count). The zero-order valence-electron chi connectivity index (χ0n) is 6.77. The lowest BCUT2D eigenvalue weighted by molar-refractivity contribution is 0.153. The largest absolute Gasteiger partial charge is 0.366 e. The lowest BCUT2D eigenvalue weighted by Gasteiger charge is -2.01. The number of rotatable bonds is 3. The summed E-state index contributed by atoms with van der Waals surface area (Å²) in [5.74, 6) is 0. The smallest absolute Gasteiger partial charge is 0.267 e. The molecule has 0 saturated heterocycles. The molecule has 0 aliphatic rings. The van der Waals surface area contributed by atoms with E-state index < -0.39 is 15.5 Å². The third-order valence-corrected chi connectivity index (χ3v) is 2.55. The van der Waals surface area contributed by atoms with E-state index in [0.29, 0.717) is 0 Å². The molecule has 0 aliphatic carbocycles. The van der Waals surface area contributed by atoms with Crippen LogP contribution in [0.3, 0.4) is 0 Å². The summed E-state index contributed by atoms with van der Waals surface area (Å²) in [6, 6.07) is 1.12. The molecule has 0 aromatic carbocycles. The average molecular weight is 204 g/mol. The van der Waals surface area contributed by atoms with E-state index in [1.54, 1.807) is 4.89 Å². The minimum Gasteiger partial charge on any atom is -0.366 e. The van der Waals surface area contributed by atoms with Gasteiger partial charge in [-0.25, -0.2) is 8.42 Å². The molecule has 0 atom stereocenters. The first-order chi connectivity index (χ1) is 6.08. The van der Waals surface area contributed by atoms with Gasteiger partial charge in [0, 0.05) is 18.5 Å². The van der Waals surface area contributed by atoms with Crippen molar-refractivity contribution >= 4 is 10.0 Å². The number of sulfonamides is 1. The van der Waals surface area contributed by atoms with Crippen molar-refractivity contribution in [2.45, 2.75) is 4.90 Å². The molecule has 72 valence electrons. The minimum absolute atomic E-state index is 0.378. The Balaban J connectivity index is 3.24. The van der Waals surface area contributed by atoms with Gasteiger partial charge in [-0.3, -0.25) is 9.63 Å². The average Bonchev–Trinajstić information content (AvgIpc) is 2.04. The zero-order chi connectivity index (χ0) is 9.90. The van der Waals surface area contributed by atoms with E-state index in [0.717, 1.165) is 19.4 Å². The fraction of sp³-hybridized carbons (Fsp3) is 0.167. The Morgan fingerprint density at radius 3 is 2.77 bits per heavy atom. The van der Waals surface area contributed by atoms with Crippen molar-refractivity contribution in [1.82, 2.24) is 9.87 Å². The van der Waals surface area contributed by atoms with Crippen molar-refractivity contribution in [3.8, 4) is 0 Å². The van der Waals surface area contributed by atoms with Crippen LogP contribution in [0.15, 0.2) is 28.2 Å². The second-order valence-corrected chi connectivity index (χ2v) is 3.78. The molecule has 0 spiro atoms. The van der Waals surface area contributed by atoms with E-state index in [2.05, 4.69) is 9.82 Å². The Bertz CT molecular complexity index is 436. The maximum Gasteiger partial charge on any atom is 0.267 e. The van der Waals surface area contributed by atoms with Crippen molar-refractivity contribution in [2.24, 2.45) is 0 Å². The predicted octanol–water partition coefficient (Wildman–Crippen LogP) is -0.785. The van der Waals surface area contributed by atoms with E-state index in [1.165, 1.54) is 6.20 Å². The van der Waals surface area contributed by atoms with E-state index >= 15 is 0 Å². The fourth-order valence-electron chi connectivity index (χ4n) is 0.765. The molecule has 13 heavy (non-hydrogen) atoms. The molecule has 6 nitrogen and oxygen atoms in total. The van der Waals surface area contributed by atoms with Crippen molar-refractivity contribution < 1.29 is 13.3 Å². The number of hydrogen-bond donors (Lipinski definition) is 2. The van der Waals surface area contributed by atoms with Gasteiger partial charge in [0.15, 0.2) is 0 Å². The molecule has 0 saturated carbocycles. The maximum absolute atomic E-state index is 11.2. The van der Waals surface area contributed by atoms with Gasteiger partial charge < -0.3 is 4.98 Å². The van der Waals surface area contributed by atoms with E-state index in [1.807, 2.05) is 0 Å². The summed E-state index contributed by atoms with van der Waals surface area (Å²) >= 11 is 0. The number of H-pyrrole nitrogens is 1. The highest BCUT2D eigenvalue weighted by Gasteiger charge is 2.16. The maximum atomic E-state index is 11.2. The second-order valence-electron chi connectivity index (χ2n) is 2.16. The molecule has 0 radical (unpaired) electrons. The van der Waals surface area contributed by atoms with Crippen LogP contribution in [0.25, 0.3) is 0 Å². The molecule has 1 aromatic rings. The highest BCUT2D eigenvalue weighted by Crippen LogP contribution is 1.98. The van der Waals surface area contributed by atoms with Gasteiger partial charge in [-0.15, -0.1) is 0 Å². The van der Waals surface area contributed by atoms with Gasteiger partial charge in [0.2, 0.25) is 5.43 Å². The van der Waals surface area contributed by atoms with Crippen LogP contribution in [0, 0.1) is 0 Å².